The van der Waals surface area contributed by atoms with Crippen molar-refractivity contribution in [1.29, 1.82) is 0 Å². The lowest BCUT2D eigenvalue weighted by Gasteiger charge is -2.48. The average Bonchev–Trinajstić information content (AvgIpc) is 3.23. The maximum Gasteiger partial charge on any atom is 0.0948 e. The second kappa shape index (κ2) is 12.2. The molecule has 10 rings (SSSR count). The number of hydrogen-bond acceptors (Lipinski definition) is 2. The van der Waals surface area contributed by atoms with Crippen LogP contribution in [0.5, 0.6) is 0 Å². The van der Waals surface area contributed by atoms with Crippen molar-refractivity contribution in [2.75, 3.05) is 4.90 Å². The molecule has 0 N–H and O–H groups in total. The van der Waals surface area contributed by atoms with Crippen LogP contribution < -0.4 is 4.90 Å². The molecule has 9 aromatic rings. The smallest absolute Gasteiger partial charge is 0.0948 e. The highest BCUT2D eigenvalue weighted by atomic mass is 15.2. The summed E-state index contributed by atoms with van der Waals surface area (Å²) in [6.07, 6.45) is 1.96. The first kappa shape index (κ1) is 30.1. The van der Waals surface area contributed by atoms with Gasteiger partial charge in [0, 0.05) is 28.1 Å². The lowest BCUT2D eigenvalue weighted by molar-refractivity contribution is 0.735. The predicted octanol–water partition coefficient (Wildman–Crippen LogP) is 12.9. The molecule has 0 spiro atoms. The van der Waals surface area contributed by atoms with E-state index in [1.54, 1.807) is 0 Å². The molecule has 0 amide bonds. The maximum absolute atomic E-state index is 5.23. The van der Waals surface area contributed by atoms with E-state index < -0.39 is 5.41 Å². The molecule has 0 radical (unpaired) electrons. The minimum Gasteiger partial charge on any atom is -0.306 e. The van der Waals surface area contributed by atoms with Crippen molar-refractivity contribution in [2.45, 2.75) is 5.41 Å². The SMILES string of the molecule is c1ccc(-c2ccnc(-c3ccccc3)c2N2c3c(ccc4ccccc34)C(c3ccccc3)(c3ccccc3)c3ccc4ccccc4c32)cc1. The summed E-state index contributed by atoms with van der Waals surface area (Å²) in [6.45, 7) is 0. The topological polar surface area (TPSA) is 16.1 Å². The predicted molar refractivity (Wildman–Crippen MR) is 217 cm³/mol. The standard InChI is InChI=1S/C50H34N2/c1-5-17-35(18-6-1)43-33-34-51-46(38-21-7-2-8-22-38)49(43)52-47-41-27-15-13-19-36(41)29-31-44(47)50(39-23-9-3-10-24-39,40-25-11-4-12-26-40)45-32-30-37-20-14-16-28-42(37)48(45)52/h1-34H. The van der Waals surface area contributed by atoms with E-state index in [-0.39, 0.29) is 0 Å². The van der Waals surface area contributed by atoms with Gasteiger partial charge in [0.25, 0.3) is 0 Å². The van der Waals surface area contributed by atoms with Crippen molar-refractivity contribution < 1.29 is 0 Å². The highest BCUT2D eigenvalue weighted by molar-refractivity contribution is 6.13. The molecule has 2 nitrogen and oxygen atoms in total. The van der Waals surface area contributed by atoms with Crippen molar-refractivity contribution in [2.24, 2.45) is 0 Å². The van der Waals surface area contributed by atoms with Crippen molar-refractivity contribution in [3.63, 3.8) is 0 Å². The molecule has 0 fully saturated rings. The quantitative estimate of drug-likeness (QED) is 0.182. The molecule has 2 heterocycles. The number of hydrogen-bond donors (Lipinski definition) is 0. The molecule has 8 aromatic carbocycles. The maximum atomic E-state index is 5.23. The van der Waals surface area contributed by atoms with Crippen LogP contribution in [0.15, 0.2) is 206 Å². The zero-order valence-electron chi connectivity index (χ0n) is 28.5. The number of fused-ring (bicyclic) bond motifs is 6. The Kier molecular flexibility index (Phi) is 7.07. The monoisotopic (exact) mass is 662 g/mol. The molecule has 1 aromatic heterocycles. The van der Waals surface area contributed by atoms with Crippen molar-refractivity contribution in [3.05, 3.63) is 229 Å². The van der Waals surface area contributed by atoms with E-state index in [0.717, 1.165) is 39.4 Å². The molecule has 0 saturated carbocycles. The fourth-order valence-corrected chi connectivity index (χ4v) is 8.58. The molecule has 1 aliphatic heterocycles. The molecule has 0 bridgehead atoms. The second-order valence-electron chi connectivity index (χ2n) is 13.5. The summed E-state index contributed by atoms with van der Waals surface area (Å²) in [4.78, 5) is 7.79. The van der Waals surface area contributed by atoms with Gasteiger partial charge in [-0.1, -0.05) is 194 Å². The van der Waals surface area contributed by atoms with Crippen LogP contribution in [0.3, 0.4) is 0 Å². The van der Waals surface area contributed by atoms with E-state index in [9.17, 15) is 0 Å². The Balaban J connectivity index is 1.47. The van der Waals surface area contributed by atoms with E-state index in [1.165, 1.54) is 43.8 Å². The van der Waals surface area contributed by atoms with E-state index >= 15 is 0 Å². The minimum absolute atomic E-state index is 0.625. The second-order valence-corrected chi connectivity index (χ2v) is 13.5. The van der Waals surface area contributed by atoms with Crippen molar-refractivity contribution in [1.82, 2.24) is 4.98 Å². The summed E-state index contributed by atoms with van der Waals surface area (Å²) in [5.41, 5.74) is 12.0. The molecule has 1 aliphatic rings. The first-order chi connectivity index (χ1) is 25.8. The van der Waals surface area contributed by atoms with Crippen LogP contribution in [0, 0.1) is 0 Å². The Bertz CT molecular complexity index is 2530. The Labute approximate surface area is 303 Å². The van der Waals surface area contributed by atoms with Gasteiger partial charge in [0.15, 0.2) is 0 Å². The number of anilines is 3. The summed E-state index contributed by atoms with van der Waals surface area (Å²) in [7, 11) is 0. The van der Waals surface area contributed by atoms with Gasteiger partial charge in [0.2, 0.25) is 0 Å². The highest BCUT2D eigenvalue weighted by Crippen LogP contribution is 2.62. The number of rotatable bonds is 5. The van der Waals surface area contributed by atoms with Gasteiger partial charge in [-0.3, -0.25) is 4.98 Å². The van der Waals surface area contributed by atoms with Gasteiger partial charge in [-0.25, -0.2) is 0 Å². The molecule has 2 heteroatoms. The molecule has 244 valence electrons. The normalized spacial score (nSPS) is 13.1. The van der Waals surface area contributed by atoms with Crippen LogP contribution in [0.1, 0.15) is 22.3 Å². The van der Waals surface area contributed by atoms with Gasteiger partial charge in [-0.15, -0.1) is 0 Å². The van der Waals surface area contributed by atoms with Crippen LogP contribution in [0.25, 0.3) is 43.9 Å². The first-order valence-electron chi connectivity index (χ1n) is 17.9. The fourth-order valence-electron chi connectivity index (χ4n) is 8.58. The Hall–Kier alpha value is -6.77. The lowest BCUT2D eigenvalue weighted by Crippen LogP contribution is -2.38. The van der Waals surface area contributed by atoms with Gasteiger partial charge in [-0.2, -0.15) is 0 Å². The fraction of sp³-hybridized carbons (Fsp3) is 0.0200. The van der Waals surface area contributed by atoms with E-state index in [0.29, 0.717) is 0 Å². The van der Waals surface area contributed by atoms with E-state index in [1.807, 2.05) is 6.20 Å². The summed E-state index contributed by atoms with van der Waals surface area (Å²) in [6, 6.07) is 72.8. The third kappa shape index (κ3) is 4.48. The van der Waals surface area contributed by atoms with Crippen LogP contribution >= 0.6 is 0 Å². The summed E-state index contributed by atoms with van der Waals surface area (Å²) >= 11 is 0. The van der Waals surface area contributed by atoms with Gasteiger partial charge in [0.1, 0.15) is 0 Å². The summed E-state index contributed by atoms with van der Waals surface area (Å²) in [5, 5.41) is 4.76. The Morgan fingerprint density at radius 1 is 0.365 bits per heavy atom. The number of nitrogens with zero attached hydrogens (tertiary/aromatic N) is 2. The van der Waals surface area contributed by atoms with Gasteiger partial charge < -0.3 is 4.90 Å². The number of aromatic nitrogens is 1. The van der Waals surface area contributed by atoms with Crippen LogP contribution in [-0.4, -0.2) is 4.98 Å². The number of benzene rings is 8. The third-order valence-electron chi connectivity index (χ3n) is 10.7. The van der Waals surface area contributed by atoms with E-state index in [4.69, 9.17) is 4.98 Å². The largest absolute Gasteiger partial charge is 0.306 e. The van der Waals surface area contributed by atoms with E-state index in [2.05, 4.69) is 205 Å². The number of pyridine rings is 1. The molecular formula is C50H34N2. The van der Waals surface area contributed by atoms with Gasteiger partial charge in [0.05, 0.1) is 28.2 Å². The molecular weight excluding hydrogens is 629 g/mol. The van der Waals surface area contributed by atoms with Gasteiger partial charge in [-0.05, 0) is 44.7 Å². The Morgan fingerprint density at radius 3 is 1.33 bits per heavy atom. The molecule has 0 unspecified atom stereocenters. The van der Waals surface area contributed by atoms with Crippen molar-refractivity contribution >= 4 is 38.6 Å². The zero-order valence-corrected chi connectivity index (χ0v) is 28.5. The molecule has 0 aliphatic carbocycles. The summed E-state index contributed by atoms with van der Waals surface area (Å²) < 4.78 is 0. The first-order valence-corrected chi connectivity index (χ1v) is 17.9. The molecule has 0 atom stereocenters. The average molecular weight is 663 g/mol. The van der Waals surface area contributed by atoms with Gasteiger partial charge >= 0.3 is 0 Å². The van der Waals surface area contributed by atoms with Crippen LogP contribution in [0.4, 0.5) is 17.1 Å². The van der Waals surface area contributed by atoms with Crippen LogP contribution in [-0.2, 0) is 5.41 Å². The molecule has 52 heavy (non-hydrogen) atoms. The lowest BCUT2D eigenvalue weighted by atomic mass is 9.61. The van der Waals surface area contributed by atoms with Crippen LogP contribution in [0.2, 0.25) is 0 Å². The van der Waals surface area contributed by atoms with Crippen molar-refractivity contribution in [3.8, 4) is 22.4 Å². The Morgan fingerprint density at radius 2 is 0.808 bits per heavy atom. The molecule has 0 saturated heterocycles. The zero-order chi connectivity index (χ0) is 34.5. The third-order valence-corrected chi connectivity index (χ3v) is 10.7. The summed E-state index contributed by atoms with van der Waals surface area (Å²) in [5.74, 6) is 0. The minimum atomic E-state index is -0.625. The highest BCUT2D eigenvalue weighted by Gasteiger charge is 2.48.